The molecule has 0 bridgehead atoms. The molecule has 0 amide bonds. The van der Waals surface area contributed by atoms with Gasteiger partial charge in [-0.25, -0.2) is 17.7 Å². The third kappa shape index (κ3) is 5.53. The van der Waals surface area contributed by atoms with E-state index in [-0.39, 0.29) is 17.3 Å². The van der Waals surface area contributed by atoms with Gasteiger partial charge in [-0.15, -0.1) is 11.3 Å². The molecule has 25 heavy (non-hydrogen) atoms. The van der Waals surface area contributed by atoms with Crippen LogP contribution in [0.2, 0.25) is 0 Å². The second kappa shape index (κ2) is 8.79. The number of carbonyl (C=O) groups excluding carboxylic acids is 1. The second-order valence-corrected chi connectivity index (χ2v) is 9.54. The van der Waals surface area contributed by atoms with E-state index in [9.17, 15) is 13.2 Å². The second-order valence-electron chi connectivity index (χ2n) is 5.31. The Hall–Kier alpha value is -1.42. The minimum atomic E-state index is -3.44. The van der Waals surface area contributed by atoms with Gasteiger partial charge in [0.1, 0.15) is 4.34 Å². The van der Waals surface area contributed by atoms with Gasteiger partial charge in [-0.3, -0.25) is 4.79 Å². The SMILES string of the molecule is CCOC(=O)Cc1csc(SCc2cccc(S(=O)(=O)N(C)C)c2)n1. The molecule has 0 saturated carbocycles. The monoisotopic (exact) mass is 400 g/mol. The Morgan fingerprint density at radius 3 is 2.80 bits per heavy atom. The van der Waals surface area contributed by atoms with E-state index in [0.717, 1.165) is 9.90 Å². The van der Waals surface area contributed by atoms with Crippen LogP contribution in [0.15, 0.2) is 38.9 Å². The summed E-state index contributed by atoms with van der Waals surface area (Å²) in [5.74, 6) is 0.314. The zero-order valence-electron chi connectivity index (χ0n) is 14.3. The molecule has 0 radical (unpaired) electrons. The van der Waals surface area contributed by atoms with Crippen LogP contribution in [-0.2, 0) is 31.7 Å². The molecule has 0 unspecified atom stereocenters. The molecule has 0 atom stereocenters. The predicted octanol–water partition coefficient (Wildman–Crippen LogP) is 2.79. The Morgan fingerprint density at radius 1 is 1.36 bits per heavy atom. The van der Waals surface area contributed by atoms with Crippen LogP contribution in [0.5, 0.6) is 0 Å². The molecule has 6 nitrogen and oxygen atoms in total. The zero-order chi connectivity index (χ0) is 18.4. The maximum Gasteiger partial charge on any atom is 0.311 e. The molecule has 9 heteroatoms. The molecule has 2 rings (SSSR count). The Morgan fingerprint density at radius 2 is 2.12 bits per heavy atom. The Bertz CT molecular complexity index is 831. The number of thioether (sulfide) groups is 1. The predicted molar refractivity (Wildman–Crippen MR) is 99.3 cm³/mol. The van der Waals surface area contributed by atoms with Crippen LogP contribution in [0, 0.1) is 0 Å². The number of thiazole rings is 1. The summed E-state index contributed by atoms with van der Waals surface area (Å²) in [5.41, 5.74) is 1.59. The molecule has 0 N–H and O–H groups in total. The first kappa shape index (κ1) is 19.9. The first-order chi connectivity index (χ1) is 11.8. The van der Waals surface area contributed by atoms with E-state index in [4.69, 9.17) is 4.74 Å². The number of hydrogen-bond acceptors (Lipinski definition) is 7. The molecule has 0 saturated heterocycles. The van der Waals surface area contributed by atoms with Gasteiger partial charge in [0.05, 0.1) is 23.6 Å². The van der Waals surface area contributed by atoms with Crippen molar-refractivity contribution in [1.29, 1.82) is 0 Å². The Kier molecular flexibility index (Phi) is 7.00. The van der Waals surface area contributed by atoms with Crippen LogP contribution >= 0.6 is 23.1 Å². The van der Waals surface area contributed by atoms with Gasteiger partial charge in [0.2, 0.25) is 10.0 Å². The minimum absolute atomic E-state index is 0.168. The molecular weight excluding hydrogens is 380 g/mol. The largest absolute Gasteiger partial charge is 0.466 e. The molecule has 1 heterocycles. The van der Waals surface area contributed by atoms with E-state index in [2.05, 4.69) is 4.98 Å². The highest BCUT2D eigenvalue weighted by Crippen LogP contribution is 2.27. The summed E-state index contributed by atoms with van der Waals surface area (Å²) in [5, 5.41) is 1.84. The summed E-state index contributed by atoms with van der Waals surface area (Å²) < 4.78 is 31.3. The van der Waals surface area contributed by atoms with Crippen molar-refractivity contribution < 1.29 is 17.9 Å². The molecule has 0 fully saturated rings. The summed E-state index contributed by atoms with van der Waals surface area (Å²) in [6.07, 6.45) is 0.168. The lowest BCUT2D eigenvalue weighted by Crippen LogP contribution is -2.22. The van der Waals surface area contributed by atoms with Gasteiger partial charge in [-0.1, -0.05) is 23.9 Å². The first-order valence-electron chi connectivity index (χ1n) is 7.57. The summed E-state index contributed by atoms with van der Waals surface area (Å²) in [6.45, 7) is 2.13. The zero-order valence-corrected chi connectivity index (χ0v) is 16.7. The van der Waals surface area contributed by atoms with Gasteiger partial charge in [0.25, 0.3) is 0 Å². The first-order valence-corrected chi connectivity index (χ1v) is 10.9. The molecule has 1 aromatic carbocycles. The molecule has 0 spiro atoms. The van der Waals surface area contributed by atoms with Gasteiger partial charge in [0, 0.05) is 25.2 Å². The van der Waals surface area contributed by atoms with Crippen LogP contribution in [0.25, 0.3) is 0 Å². The number of ether oxygens (including phenoxy) is 1. The molecule has 1 aromatic heterocycles. The van der Waals surface area contributed by atoms with Crippen molar-refractivity contribution in [2.24, 2.45) is 0 Å². The number of aromatic nitrogens is 1. The highest BCUT2D eigenvalue weighted by atomic mass is 32.2. The normalized spacial score (nSPS) is 11.7. The summed E-state index contributed by atoms with van der Waals surface area (Å²) in [6, 6.07) is 6.88. The molecule has 0 aliphatic heterocycles. The fraction of sp³-hybridized carbons (Fsp3) is 0.375. The maximum atomic E-state index is 12.2. The number of sulfonamides is 1. The highest BCUT2D eigenvalue weighted by molar-refractivity contribution is 8.00. The number of nitrogens with zero attached hydrogens (tertiary/aromatic N) is 2. The third-order valence-corrected chi connectivity index (χ3v) is 7.15. The minimum Gasteiger partial charge on any atom is -0.466 e. The fourth-order valence-corrected chi connectivity index (χ4v) is 4.71. The van der Waals surface area contributed by atoms with Gasteiger partial charge in [-0.2, -0.15) is 0 Å². The van der Waals surface area contributed by atoms with Crippen LogP contribution < -0.4 is 0 Å². The van der Waals surface area contributed by atoms with E-state index < -0.39 is 10.0 Å². The summed E-state index contributed by atoms with van der Waals surface area (Å²) in [4.78, 5) is 16.1. The number of rotatable bonds is 8. The lowest BCUT2D eigenvalue weighted by Gasteiger charge is -2.12. The molecular formula is C16H20N2O4S3. The van der Waals surface area contributed by atoms with E-state index in [1.807, 2.05) is 11.4 Å². The van der Waals surface area contributed by atoms with Crippen LogP contribution in [0.4, 0.5) is 0 Å². The van der Waals surface area contributed by atoms with E-state index >= 15 is 0 Å². The van der Waals surface area contributed by atoms with E-state index in [1.165, 1.54) is 41.5 Å². The number of benzene rings is 1. The number of hydrogen-bond donors (Lipinski definition) is 0. The average molecular weight is 401 g/mol. The number of esters is 1. The van der Waals surface area contributed by atoms with Crippen molar-refractivity contribution in [3.63, 3.8) is 0 Å². The topological polar surface area (TPSA) is 76.6 Å². The van der Waals surface area contributed by atoms with Crippen LogP contribution in [0.1, 0.15) is 18.2 Å². The quantitative estimate of drug-likeness (QED) is 0.501. The molecule has 2 aromatic rings. The van der Waals surface area contributed by atoms with Gasteiger partial charge < -0.3 is 4.74 Å². The van der Waals surface area contributed by atoms with Gasteiger partial charge >= 0.3 is 5.97 Å². The highest BCUT2D eigenvalue weighted by Gasteiger charge is 2.17. The van der Waals surface area contributed by atoms with Crippen LogP contribution in [0.3, 0.4) is 0 Å². The lowest BCUT2D eigenvalue weighted by molar-refractivity contribution is -0.142. The Labute approximate surface area is 156 Å². The van der Waals surface area contributed by atoms with Gasteiger partial charge in [0.15, 0.2) is 0 Å². The van der Waals surface area contributed by atoms with Crippen molar-refractivity contribution in [3.05, 3.63) is 40.9 Å². The van der Waals surface area contributed by atoms with E-state index in [0.29, 0.717) is 18.1 Å². The Balaban J connectivity index is 2.00. The summed E-state index contributed by atoms with van der Waals surface area (Å²) in [7, 11) is -0.415. The smallest absolute Gasteiger partial charge is 0.311 e. The molecule has 0 aliphatic carbocycles. The molecule has 0 aliphatic rings. The molecule has 136 valence electrons. The maximum absolute atomic E-state index is 12.2. The average Bonchev–Trinajstić information content (AvgIpc) is 3.00. The summed E-state index contributed by atoms with van der Waals surface area (Å²) >= 11 is 2.97. The third-order valence-electron chi connectivity index (χ3n) is 3.20. The van der Waals surface area contributed by atoms with Crippen molar-refractivity contribution in [2.45, 2.75) is 28.3 Å². The van der Waals surface area contributed by atoms with E-state index in [1.54, 1.807) is 25.1 Å². The fourth-order valence-electron chi connectivity index (χ4n) is 1.95. The van der Waals surface area contributed by atoms with Crippen molar-refractivity contribution >= 4 is 39.1 Å². The van der Waals surface area contributed by atoms with Crippen LogP contribution in [-0.4, -0.2) is 44.4 Å². The number of carbonyl (C=O) groups is 1. The van der Waals surface area contributed by atoms with Gasteiger partial charge in [-0.05, 0) is 24.6 Å². The van der Waals surface area contributed by atoms with Crippen molar-refractivity contribution in [2.75, 3.05) is 20.7 Å². The van der Waals surface area contributed by atoms with Crippen molar-refractivity contribution in [1.82, 2.24) is 9.29 Å². The van der Waals surface area contributed by atoms with Crippen molar-refractivity contribution in [3.8, 4) is 0 Å². The lowest BCUT2D eigenvalue weighted by atomic mass is 10.2. The standard InChI is InChI=1S/C16H20N2O4S3/c1-4-22-15(19)9-13-11-24-16(17-13)23-10-12-6-5-7-14(8-12)25(20,21)18(2)3/h5-8,11H,4,9-10H2,1-3H3.